The van der Waals surface area contributed by atoms with E-state index in [1.807, 2.05) is 0 Å². The number of hydrogen-bond donors (Lipinski definition) is 2. The largest absolute Gasteiger partial charge is 0.457 e. The molecular formula is C16H18F3N5O. The summed E-state index contributed by atoms with van der Waals surface area (Å²) >= 11 is 0. The smallest absolute Gasteiger partial charge is 0.317 e. The third kappa shape index (κ3) is 5.08. The molecule has 2 rings (SSSR count). The monoisotopic (exact) mass is 353 g/mol. The predicted octanol–water partition coefficient (Wildman–Crippen LogP) is 2.60. The van der Waals surface area contributed by atoms with Gasteiger partial charge >= 0.3 is 6.01 Å². The summed E-state index contributed by atoms with van der Waals surface area (Å²) in [5, 5.41) is 1.10. The molecule has 0 saturated heterocycles. The van der Waals surface area contributed by atoms with E-state index in [1.165, 1.54) is 31.3 Å². The second-order valence-corrected chi connectivity index (χ2v) is 5.42. The van der Waals surface area contributed by atoms with Gasteiger partial charge in [-0.15, -0.1) is 0 Å². The second-order valence-electron chi connectivity index (χ2n) is 5.42. The average molecular weight is 353 g/mol. The molecule has 6 nitrogen and oxygen atoms in total. The highest BCUT2D eigenvalue weighted by Crippen LogP contribution is 2.29. The molecule has 0 spiro atoms. The fraction of sp³-hybridized carbons (Fsp3) is 0.250. The van der Waals surface area contributed by atoms with Gasteiger partial charge in [0.1, 0.15) is 6.61 Å². The molecule has 2 aromatic rings. The first-order valence-electron chi connectivity index (χ1n) is 7.27. The second kappa shape index (κ2) is 7.39. The maximum atomic E-state index is 13.4. The van der Waals surface area contributed by atoms with Crippen molar-refractivity contribution in [1.29, 1.82) is 0 Å². The minimum atomic E-state index is -2.98. The molecule has 0 radical (unpaired) electrons. The van der Waals surface area contributed by atoms with Crippen LogP contribution in [0, 0.1) is 12.7 Å². The molecule has 1 aromatic carbocycles. The van der Waals surface area contributed by atoms with Gasteiger partial charge in [0.25, 0.3) is 5.92 Å². The van der Waals surface area contributed by atoms with Crippen LogP contribution in [0.2, 0.25) is 0 Å². The van der Waals surface area contributed by atoms with Gasteiger partial charge in [-0.1, -0.05) is 12.1 Å². The Morgan fingerprint density at radius 1 is 1.40 bits per heavy atom. The molecule has 0 saturated carbocycles. The Morgan fingerprint density at radius 2 is 2.12 bits per heavy atom. The number of nitrogens with zero attached hydrogens (tertiary/aromatic N) is 3. The number of anilines is 1. The number of aryl methyl sites for hydroxylation is 1. The summed E-state index contributed by atoms with van der Waals surface area (Å²) in [5.41, 5.74) is 6.29. The van der Waals surface area contributed by atoms with Gasteiger partial charge in [0.15, 0.2) is 5.82 Å². The van der Waals surface area contributed by atoms with E-state index in [9.17, 15) is 13.2 Å². The van der Waals surface area contributed by atoms with Gasteiger partial charge < -0.3 is 10.5 Å². The Hall–Kier alpha value is -2.81. The molecule has 0 aliphatic heterocycles. The Morgan fingerprint density at radius 3 is 2.76 bits per heavy atom. The molecule has 0 fully saturated rings. The quantitative estimate of drug-likeness (QED) is 0.613. The summed E-state index contributed by atoms with van der Waals surface area (Å²) in [7, 11) is 0. The molecule has 0 unspecified atom stereocenters. The number of ether oxygens (including phenoxy) is 1. The molecule has 0 amide bonds. The Balaban J connectivity index is 2.04. The van der Waals surface area contributed by atoms with Crippen molar-refractivity contribution in [2.24, 2.45) is 11.6 Å². The molecule has 1 heterocycles. The molecule has 25 heavy (non-hydrogen) atoms. The van der Waals surface area contributed by atoms with Gasteiger partial charge in [-0.25, -0.2) is 24.0 Å². The zero-order chi connectivity index (χ0) is 18.6. The number of aromatic nitrogens is 2. The molecule has 0 aliphatic rings. The minimum Gasteiger partial charge on any atom is -0.457 e. The number of halogens is 3. The zero-order valence-corrected chi connectivity index (χ0v) is 13.7. The molecule has 1 aromatic heterocycles. The molecule has 0 aliphatic carbocycles. The van der Waals surface area contributed by atoms with E-state index in [0.29, 0.717) is 5.69 Å². The van der Waals surface area contributed by atoms with Gasteiger partial charge in [0.05, 0.1) is 23.3 Å². The summed E-state index contributed by atoms with van der Waals surface area (Å²) < 4.78 is 45.1. The van der Waals surface area contributed by atoms with Crippen LogP contribution in [0.25, 0.3) is 0 Å². The van der Waals surface area contributed by atoms with Crippen LogP contribution in [0.3, 0.4) is 0 Å². The molecule has 0 atom stereocenters. The Bertz CT molecular complexity index is 777. The fourth-order valence-electron chi connectivity index (χ4n) is 1.88. The summed E-state index contributed by atoms with van der Waals surface area (Å²) in [6.07, 6.45) is 2.31. The third-order valence-corrected chi connectivity index (χ3v) is 3.22. The van der Waals surface area contributed by atoms with Crippen LogP contribution in [0.4, 0.5) is 18.9 Å². The van der Waals surface area contributed by atoms with Gasteiger partial charge in [-0.2, -0.15) is 4.98 Å². The highest BCUT2D eigenvalue weighted by atomic mass is 19.3. The van der Waals surface area contributed by atoms with Gasteiger partial charge in [-0.3, -0.25) is 5.01 Å². The lowest BCUT2D eigenvalue weighted by Gasteiger charge is -2.18. The van der Waals surface area contributed by atoms with E-state index in [1.54, 1.807) is 6.07 Å². The van der Waals surface area contributed by atoms with E-state index >= 15 is 0 Å². The van der Waals surface area contributed by atoms with Crippen molar-refractivity contribution in [3.05, 3.63) is 59.4 Å². The SMILES string of the molecule is Cc1nc(OC/C(N)=C/N(N)c2cccc(C(C)(F)F)c2)ncc1F. The summed E-state index contributed by atoms with van der Waals surface area (Å²) in [5.74, 6) is 2.29. The molecule has 9 heteroatoms. The van der Waals surface area contributed by atoms with Crippen molar-refractivity contribution in [1.82, 2.24) is 9.97 Å². The maximum Gasteiger partial charge on any atom is 0.317 e. The lowest BCUT2D eigenvalue weighted by molar-refractivity contribution is 0.0175. The van der Waals surface area contributed by atoms with Crippen molar-refractivity contribution in [3.63, 3.8) is 0 Å². The lowest BCUT2D eigenvalue weighted by atomic mass is 10.1. The molecular weight excluding hydrogens is 335 g/mol. The minimum absolute atomic E-state index is 0.0357. The lowest BCUT2D eigenvalue weighted by Crippen LogP contribution is -2.27. The van der Waals surface area contributed by atoms with Crippen molar-refractivity contribution in [2.75, 3.05) is 11.6 Å². The number of nitrogens with two attached hydrogens (primary N) is 2. The highest BCUT2D eigenvalue weighted by Gasteiger charge is 2.24. The van der Waals surface area contributed by atoms with Gasteiger partial charge in [-0.05, 0) is 19.1 Å². The molecule has 0 bridgehead atoms. The van der Waals surface area contributed by atoms with Crippen molar-refractivity contribution < 1.29 is 17.9 Å². The van der Waals surface area contributed by atoms with E-state index in [-0.39, 0.29) is 29.6 Å². The maximum absolute atomic E-state index is 13.4. The van der Waals surface area contributed by atoms with E-state index in [0.717, 1.165) is 18.1 Å². The number of alkyl halides is 2. The van der Waals surface area contributed by atoms with Crippen LogP contribution in [0.15, 0.2) is 42.4 Å². The number of hydrazine groups is 1. The summed E-state index contributed by atoms with van der Waals surface area (Å²) in [4.78, 5) is 7.47. The first kappa shape index (κ1) is 18.5. The number of benzene rings is 1. The highest BCUT2D eigenvalue weighted by molar-refractivity contribution is 5.50. The summed E-state index contributed by atoms with van der Waals surface area (Å²) in [6, 6.07) is 5.56. The van der Waals surface area contributed by atoms with E-state index < -0.39 is 11.7 Å². The summed E-state index contributed by atoms with van der Waals surface area (Å²) in [6.45, 7) is 2.17. The van der Waals surface area contributed by atoms with Crippen LogP contribution in [0.5, 0.6) is 6.01 Å². The van der Waals surface area contributed by atoms with Crippen molar-refractivity contribution in [2.45, 2.75) is 19.8 Å². The van der Waals surface area contributed by atoms with Crippen LogP contribution < -0.4 is 21.3 Å². The van der Waals surface area contributed by atoms with E-state index in [2.05, 4.69) is 9.97 Å². The van der Waals surface area contributed by atoms with E-state index in [4.69, 9.17) is 16.3 Å². The van der Waals surface area contributed by atoms with Crippen LogP contribution in [-0.4, -0.2) is 16.6 Å². The van der Waals surface area contributed by atoms with Gasteiger partial charge in [0.2, 0.25) is 0 Å². The van der Waals surface area contributed by atoms with Crippen LogP contribution in [-0.2, 0) is 5.92 Å². The van der Waals surface area contributed by atoms with Crippen molar-refractivity contribution in [3.8, 4) is 6.01 Å². The first-order valence-corrected chi connectivity index (χ1v) is 7.27. The Labute approximate surface area is 142 Å². The van der Waals surface area contributed by atoms with Gasteiger partial charge in [0, 0.05) is 18.7 Å². The van der Waals surface area contributed by atoms with Crippen LogP contribution in [0.1, 0.15) is 18.2 Å². The number of rotatable bonds is 6. The van der Waals surface area contributed by atoms with Crippen molar-refractivity contribution >= 4 is 5.69 Å². The zero-order valence-electron chi connectivity index (χ0n) is 13.7. The molecule has 134 valence electrons. The number of hydrogen-bond acceptors (Lipinski definition) is 6. The third-order valence-electron chi connectivity index (χ3n) is 3.22. The predicted molar refractivity (Wildman–Crippen MR) is 87.2 cm³/mol. The van der Waals surface area contributed by atoms with Crippen LogP contribution >= 0.6 is 0 Å². The average Bonchev–Trinajstić information content (AvgIpc) is 2.55. The standard InChI is InChI=1S/C16H18F3N5O/c1-10-14(17)7-22-15(23-10)25-9-12(20)8-24(21)13-5-3-4-11(6-13)16(2,18)19/h3-8H,9,20-21H2,1-2H3/b12-8-. The Kier molecular flexibility index (Phi) is 5.48. The fourth-order valence-corrected chi connectivity index (χ4v) is 1.88. The molecule has 4 N–H and O–H groups in total. The first-order chi connectivity index (χ1) is 11.7. The topological polar surface area (TPSA) is 90.3 Å². The normalized spacial score (nSPS) is 12.2.